The Bertz CT molecular complexity index is 2930. The predicted molar refractivity (Wildman–Crippen MR) is 229 cm³/mol. The topological polar surface area (TPSA) is 17.8 Å². The van der Waals surface area contributed by atoms with Crippen molar-refractivity contribution >= 4 is 147 Å². The van der Waals surface area contributed by atoms with Crippen molar-refractivity contribution in [3.63, 3.8) is 0 Å². The van der Waals surface area contributed by atoms with Crippen LogP contribution in [0.4, 0.5) is 0 Å². The van der Waals surface area contributed by atoms with Gasteiger partial charge in [-0.2, -0.15) is 0 Å². The van der Waals surface area contributed by atoms with Gasteiger partial charge < -0.3 is 0 Å². The lowest BCUT2D eigenvalue weighted by Crippen LogP contribution is -2.52. The van der Waals surface area contributed by atoms with Crippen molar-refractivity contribution in [3.8, 4) is 27.9 Å². The van der Waals surface area contributed by atoms with E-state index in [0.717, 1.165) is 78.0 Å². The molecule has 226 valence electrons. The van der Waals surface area contributed by atoms with Gasteiger partial charge in [0.1, 0.15) is 60.7 Å². The fourth-order valence-corrected chi connectivity index (χ4v) is 8.16. The molecule has 0 aliphatic carbocycles. The predicted octanol–water partition coefficient (Wildman–Crippen LogP) is 3.09. The van der Waals surface area contributed by atoms with E-state index in [1.54, 1.807) is 0 Å². The average molecular weight is 643 g/mol. The Balaban J connectivity index is 1.40. The van der Waals surface area contributed by atoms with Crippen LogP contribution in [0.1, 0.15) is 12.7 Å². The van der Waals surface area contributed by atoms with E-state index in [1.165, 1.54) is 0 Å². The summed E-state index contributed by atoms with van der Waals surface area (Å²) in [5, 5.41) is 7.02. The zero-order valence-electron chi connectivity index (χ0n) is 28.5. The molecule has 0 fully saturated rings. The van der Waals surface area contributed by atoms with Crippen molar-refractivity contribution in [1.82, 2.24) is 9.55 Å². The molecule has 0 amide bonds. The van der Waals surface area contributed by atoms with Gasteiger partial charge in [0, 0.05) is 11.8 Å². The van der Waals surface area contributed by atoms with Gasteiger partial charge in [-0.05, 0) is 78.2 Å². The van der Waals surface area contributed by atoms with Crippen molar-refractivity contribution in [2.75, 3.05) is 0 Å². The third kappa shape index (κ3) is 4.51. The van der Waals surface area contributed by atoms with Gasteiger partial charge in [0.05, 0.1) is 16.7 Å². The van der Waals surface area contributed by atoms with Crippen LogP contribution in [-0.4, -0.2) is 64.5 Å². The third-order valence-corrected chi connectivity index (χ3v) is 10.6. The van der Waals surface area contributed by atoms with Crippen LogP contribution in [0.5, 0.6) is 0 Å². The molecule has 0 unspecified atom stereocenters. The van der Waals surface area contributed by atoms with E-state index < -0.39 is 0 Å². The molecule has 0 aliphatic heterocycles. The van der Waals surface area contributed by atoms with E-state index >= 15 is 0 Å². The minimum Gasteiger partial charge on any atom is -0.296 e. The smallest absolute Gasteiger partial charge is 0.115 e. The molecular formula is C43H23B7N2. The Kier molecular flexibility index (Phi) is 7.63. The van der Waals surface area contributed by atoms with Crippen LogP contribution in [0, 0.1) is 0 Å². The minimum atomic E-state index is 0.147. The molecule has 0 aliphatic rings. The van der Waals surface area contributed by atoms with Crippen molar-refractivity contribution in [3.05, 3.63) is 115 Å². The molecule has 0 spiro atoms. The summed E-state index contributed by atoms with van der Waals surface area (Å²) in [6.45, 7) is 2.14. The Morgan fingerprint density at radius 3 is 1.52 bits per heavy atom. The SMILES string of the molecule is [B]c1c([B])c([B])c2c([B])c(-c3c4ccccc4c(-c4ccc(-n5c(CC)nc6ccccc65)c5ccccc45)c4ccccc34)c([B])c([B])c2c1[B]. The van der Waals surface area contributed by atoms with Gasteiger partial charge in [-0.15, -0.1) is 10.9 Å². The molecule has 52 heavy (non-hydrogen) atoms. The van der Waals surface area contributed by atoms with Crippen LogP contribution >= 0.6 is 0 Å². The summed E-state index contributed by atoms with van der Waals surface area (Å²) in [5.41, 5.74) is 8.30. The second kappa shape index (κ2) is 12.2. The number of hydrogen-bond acceptors (Lipinski definition) is 1. The first-order chi connectivity index (χ1) is 25.2. The lowest BCUT2D eigenvalue weighted by molar-refractivity contribution is 0.913. The highest BCUT2D eigenvalue weighted by molar-refractivity contribution is 6.72. The quantitative estimate of drug-likeness (QED) is 0.213. The molecule has 0 saturated carbocycles. The largest absolute Gasteiger partial charge is 0.296 e. The number of benzene rings is 8. The number of aromatic nitrogens is 2. The van der Waals surface area contributed by atoms with Gasteiger partial charge >= 0.3 is 0 Å². The molecule has 1 heterocycles. The summed E-state index contributed by atoms with van der Waals surface area (Å²) < 4.78 is 2.29. The summed E-state index contributed by atoms with van der Waals surface area (Å²) >= 11 is 0. The number of para-hydroxylation sites is 2. The zero-order chi connectivity index (χ0) is 36.0. The highest BCUT2D eigenvalue weighted by atomic mass is 15.1. The summed E-state index contributed by atoms with van der Waals surface area (Å²) in [7, 11) is 46.4. The van der Waals surface area contributed by atoms with E-state index in [9.17, 15) is 0 Å². The van der Waals surface area contributed by atoms with Crippen molar-refractivity contribution in [2.45, 2.75) is 13.3 Å². The van der Waals surface area contributed by atoms with E-state index in [4.69, 9.17) is 59.9 Å². The second-order valence-corrected chi connectivity index (χ2v) is 13.2. The van der Waals surface area contributed by atoms with Gasteiger partial charge in [-0.1, -0.05) is 125 Å². The van der Waals surface area contributed by atoms with E-state index in [1.807, 2.05) is 18.2 Å². The lowest BCUT2D eigenvalue weighted by atomic mass is 9.58. The standard InChI is InChI=1S/C43H23B7N2/c1-2-31-51-28-17-9-10-18-30(28)52(31)29-20-19-27(21-11-3-4-12-22(21)29)32-23-13-5-7-15-25(23)33(26-16-8-6-14-24(26)32)34-37(44)35-36(39(46)38(34)45)41(48)43(50)42(49)40(35)47/h3-20H,2H2,1H3. The van der Waals surface area contributed by atoms with E-state index in [-0.39, 0.29) is 32.8 Å². The molecular weight excluding hydrogens is 620 g/mol. The normalized spacial score (nSPS) is 11.8. The molecule has 1 aromatic heterocycles. The molecule has 0 N–H and O–H groups in total. The van der Waals surface area contributed by atoms with Gasteiger partial charge in [0.15, 0.2) is 0 Å². The summed E-state index contributed by atoms with van der Waals surface area (Å²) in [4.78, 5) is 4.98. The number of imidazole rings is 1. The van der Waals surface area contributed by atoms with Crippen molar-refractivity contribution in [2.24, 2.45) is 0 Å². The Hall–Kier alpha value is -5.28. The van der Waals surface area contributed by atoms with Crippen LogP contribution in [0.15, 0.2) is 109 Å². The average Bonchev–Trinajstić information content (AvgIpc) is 3.55. The maximum absolute atomic E-state index is 7.07. The van der Waals surface area contributed by atoms with Gasteiger partial charge in [0.2, 0.25) is 0 Å². The summed E-state index contributed by atoms with van der Waals surface area (Å²) in [5.74, 6) is 1.01. The van der Waals surface area contributed by atoms with E-state index in [0.29, 0.717) is 21.8 Å². The molecule has 9 heteroatoms. The molecule has 2 nitrogen and oxygen atoms in total. The molecule has 0 atom stereocenters. The maximum atomic E-state index is 7.07. The molecule has 9 rings (SSSR count). The van der Waals surface area contributed by atoms with Gasteiger partial charge in [-0.3, -0.25) is 4.57 Å². The fourth-order valence-electron chi connectivity index (χ4n) is 8.16. The number of rotatable bonds is 4. The Morgan fingerprint density at radius 2 is 0.923 bits per heavy atom. The summed E-state index contributed by atoms with van der Waals surface area (Å²) in [6, 6.07) is 37.9. The highest BCUT2D eigenvalue weighted by Gasteiger charge is 2.24. The Labute approximate surface area is 311 Å². The Morgan fingerprint density at radius 1 is 0.442 bits per heavy atom. The second-order valence-electron chi connectivity index (χ2n) is 13.2. The zero-order valence-corrected chi connectivity index (χ0v) is 28.5. The number of fused-ring (bicyclic) bond motifs is 5. The summed E-state index contributed by atoms with van der Waals surface area (Å²) in [6.07, 6.45) is 0.797. The van der Waals surface area contributed by atoms with Crippen LogP contribution in [0.25, 0.3) is 82.1 Å². The first-order valence-corrected chi connectivity index (χ1v) is 17.2. The lowest BCUT2D eigenvalue weighted by Gasteiger charge is -2.27. The van der Waals surface area contributed by atoms with Crippen LogP contribution in [-0.2, 0) is 6.42 Å². The molecule has 14 radical (unpaired) electrons. The number of nitrogens with zero attached hydrogens (tertiary/aromatic N) is 2. The van der Waals surface area contributed by atoms with E-state index in [2.05, 4.69) is 102 Å². The third-order valence-electron chi connectivity index (χ3n) is 10.6. The minimum absolute atomic E-state index is 0.147. The first-order valence-electron chi connectivity index (χ1n) is 17.2. The molecule has 8 aromatic carbocycles. The highest BCUT2D eigenvalue weighted by Crippen LogP contribution is 2.45. The van der Waals surface area contributed by atoms with Gasteiger partial charge in [-0.25, -0.2) is 4.98 Å². The number of hydrogen-bond donors (Lipinski definition) is 0. The molecule has 9 aromatic rings. The fraction of sp³-hybridized carbons (Fsp3) is 0.0465. The van der Waals surface area contributed by atoms with Crippen LogP contribution in [0.2, 0.25) is 0 Å². The van der Waals surface area contributed by atoms with Gasteiger partial charge in [0.25, 0.3) is 0 Å². The number of aryl methyl sites for hydroxylation is 1. The van der Waals surface area contributed by atoms with Crippen molar-refractivity contribution < 1.29 is 0 Å². The van der Waals surface area contributed by atoms with Crippen LogP contribution in [0.3, 0.4) is 0 Å². The molecule has 0 saturated heterocycles. The van der Waals surface area contributed by atoms with Crippen molar-refractivity contribution in [1.29, 1.82) is 0 Å². The maximum Gasteiger partial charge on any atom is 0.115 e. The molecule has 0 bridgehead atoms. The van der Waals surface area contributed by atoms with Crippen LogP contribution < -0.4 is 38.2 Å². The monoisotopic (exact) mass is 644 g/mol. The first kappa shape index (κ1) is 32.6.